The maximum Gasteiger partial charge on any atom is 0.447 e. The Labute approximate surface area is 149 Å². The molecule has 0 aliphatic rings. The van der Waals surface area contributed by atoms with Gasteiger partial charge in [-0.1, -0.05) is 6.07 Å². The minimum atomic E-state index is -4.54. The fourth-order valence-corrected chi connectivity index (χ4v) is 2.76. The number of carbonyl (C=O) groups is 1. The number of aryl methyl sites for hydroxylation is 1. The Hall–Kier alpha value is -2.95. The van der Waals surface area contributed by atoms with Crippen LogP contribution in [0.1, 0.15) is 15.9 Å². The summed E-state index contributed by atoms with van der Waals surface area (Å²) in [7, 11) is 0. The molecule has 134 valence electrons. The molecule has 0 saturated heterocycles. The van der Waals surface area contributed by atoms with Crippen molar-refractivity contribution in [2.75, 3.05) is 5.32 Å². The van der Waals surface area contributed by atoms with Crippen LogP contribution in [-0.2, 0) is 0 Å². The number of nitrogens with zero attached hydrogens (tertiary/aromatic N) is 5. The molecular formula is C15H11F3N6OS. The lowest BCUT2D eigenvalue weighted by atomic mass is 10.1. The Morgan fingerprint density at radius 3 is 2.77 bits per heavy atom. The van der Waals surface area contributed by atoms with E-state index in [1.54, 1.807) is 18.2 Å². The molecule has 3 aromatic rings. The summed E-state index contributed by atoms with van der Waals surface area (Å²) in [6.07, 6.45) is 2.60. The number of pyridine rings is 1. The number of benzene rings is 1. The van der Waals surface area contributed by atoms with Crippen molar-refractivity contribution >= 4 is 23.4 Å². The van der Waals surface area contributed by atoms with Crippen LogP contribution in [0.2, 0.25) is 0 Å². The van der Waals surface area contributed by atoms with E-state index in [0.29, 0.717) is 11.4 Å². The summed E-state index contributed by atoms with van der Waals surface area (Å²) in [5, 5.41) is 13.0. The summed E-state index contributed by atoms with van der Waals surface area (Å²) in [5.41, 5.74) is -2.84. The van der Waals surface area contributed by atoms with Crippen molar-refractivity contribution in [3.05, 3.63) is 54.0 Å². The minimum Gasteiger partial charge on any atom is -0.322 e. The van der Waals surface area contributed by atoms with Crippen LogP contribution in [0.25, 0.3) is 5.69 Å². The molecule has 0 bridgehead atoms. The summed E-state index contributed by atoms with van der Waals surface area (Å²) in [5.74, 6) is -0.698. The van der Waals surface area contributed by atoms with Gasteiger partial charge in [0.1, 0.15) is 11.4 Å². The van der Waals surface area contributed by atoms with Crippen molar-refractivity contribution in [2.45, 2.75) is 17.5 Å². The topological polar surface area (TPSA) is 85.6 Å². The highest BCUT2D eigenvalue weighted by atomic mass is 32.2. The molecule has 0 radical (unpaired) electrons. The van der Waals surface area contributed by atoms with Crippen molar-refractivity contribution in [1.82, 2.24) is 25.2 Å². The summed E-state index contributed by atoms with van der Waals surface area (Å²) in [6, 6.07) is 7.68. The normalized spacial score (nSPS) is 11.4. The second-order valence-corrected chi connectivity index (χ2v) is 6.17. The van der Waals surface area contributed by atoms with Gasteiger partial charge in [0.25, 0.3) is 5.91 Å². The second kappa shape index (κ2) is 7.12. The lowest BCUT2D eigenvalue weighted by Crippen LogP contribution is -2.15. The van der Waals surface area contributed by atoms with E-state index in [1.165, 1.54) is 29.3 Å². The quantitative estimate of drug-likeness (QED) is 0.700. The van der Waals surface area contributed by atoms with Crippen molar-refractivity contribution in [1.29, 1.82) is 0 Å². The zero-order valence-corrected chi connectivity index (χ0v) is 14.0. The average Bonchev–Trinajstić information content (AvgIpc) is 3.10. The number of amides is 1. The molecule has 1 aromatic carbocycles. The van der Waals surface area contributed by atoms with E-state index in [1.807, 2.05) is 6.92 Å². The zero-order chi connectivity index (χ0) is 18.7. The van der Waals surface area contributed by atoms with Crippen molar-refractivity contribution in [3.63, 3.8) is 0 Å². The number of anilines is 1. The van der Waals surface area contributed by atoms with Crippen molar-refractivity contribution < 1.29 is 18.0 Å². The molecule has 0 unspecified atom stereocenters. The van der Waals surface area contributed by atoms with Gasteiger partial charge >= 0.3 is 5.51 Å². The van der Waals surface area contributed by atoms with Crippen LogP contribution in [0.15, 0.2) is 47.9 Å². The Bertz CT molecular complexity index is 929. The molecule has 1 amide bonds. The van der Waals surface area contributed by atoms with E-state index in [4.69, 9.17) is 0 Å². The highest BCUT2D eigenvalue weighted by Gasteiger charge is 2.32. The molecule has 0 fully saturated rings. The van der Waals surface area contributed by atoms with Crippen molar-refractivity contribution in [3.8, 4) is 5.69 Å². The number of hydrogen-bond donors (Lipinski definition) is 1. The number of alkyl halides is 3. The van der Waals surface area contributed by atoms with Gasteiger partial charge in [0.2, 0.25) is 0 Å². The first-order valence-electron chi connectivity index (χ1n) is 7.19. The van der Waals surface area contributed by atoms with Gasteiger partial charge in [-0.3, -0.25) is 4.79 Å². The third-order valence-corrected chi connectivity index (χ3v) is 4.04. The van der Waals surface area contributed by atoms with Gasteiger partial charge in [-0.25, -0.2) is 9.67 Å². The number of nitrogens with one attached hydrogen (secondary N) is 1. The largest absolute Gasteiger partial charge is 0.447 e. The standard InChI is InChI=1S/C15H11F3N6OS/c1-9-4-5-10(7-12(9)24-8-20-22-23-24)21-13(25)11-3-2-6-19-14(11)26-15(16,17)18/h2-8H,1H3,(H,21,25). The molecule has 2 aromatic heterocycles. The Kier molecular flexibility index (Phi) is 4.89. The van der Waals surface area contributed by atoms with Crippen LogP contribution >= 0.6 is 11.8 Å². The third-order valence-electron chi connectivity index (χ3n) is 3.29. The first-order valence-corrected chi connectivity index (χ1v) is 8.01. The Morgan fingerprint density at radius 2 is 2.08 bits per heavy atom. The van der Waals surface area contributed by atoms with Crippen LogP contribution in [0.3, 0.4) is 0 Å². The van der Waals surface area contributed by atoms with Crippen LogP contribution in [0.4, 0.5) is 18.9 Å². The molecule has 7 nitrogen and oxygen atoms in total. The average molecular weight is 380 g/mol. The number of hydrogen-bond acceptors (Lipinski definition) is 6. The highest BCUT2D eigenvalue weighted by Crippen LogP contribution is 2.37. The molecule has 26 heavy (non-hydrogen) atoms. The monoisotopic (exact) mass is 380 g/mol. The van der Waals surface area contributed by atoms with E-state index >= 15 is 0 Å². The van der Waals surface area contributed by atoms with Gasteiger partial charge in [-0.15, -0.1) is 5.10 Å². The first kappa shape index (κ1) is 17.9. The predicted molar refractivity (Wildman–Crippen MR) is 88.0 cm³/mol. The number of rotatable bonds is 4. The summed E-state index contributed by atoms with van der Waals surface area (Å²) in [6.45, 7) is 1.84. The molecule has 0 saturated carbocycles. The summed E-state index contributed by atoms with van der Waals surface area (Å²) < 4.78 is 39.3. The number of carbonyl (C=O) groups excluding carboxylic acids is 1. The van der Waals surface area contributed by atoms with Gasteiger partial charge in [-0.05, 0) is 47.2 Å². The SMILES string of the molecule is Cc1ccc(NC(=O)c2cccnc2SC(F)(F)F)cc1-n1cnnn1. The molecule has 0 atom stereocenters. The van der Waals surface area contributed by atoms with E-state index in [2.05, 4.69) is 25.8 Å². The lowest BCUT2D eigenvalue weighted by Gasteiger charge is -2.12. The molecule has 3 rings (SSSR count). The molecule has 0 aliphatic heterocycles. The molecule has 11 heteroatoms. The predicted octanol–water partition coefficient (Wildman–Crippen LogP) is 3.23. The van der Waals surface area contributed by atoms with E-state index in [-0.39, 0.29) is 5.56 Å². The third kappa shape index (κ3) is 4.17. The van der Waals surface area contributed by atoms with Crippen LogP contribution < -0.4 is 5.32 Å². The first-order chi connectivity index (χ1) is 12.3. The minimum absolute atomic E-state index is 0.167. The van der Waals surface area contributed by atoms with Gasteiger partial charge in [0, 0.05) is 23.6 Å². The van der Waals surface area contributed by atoms with Gasteiger partial charge in [-0.2, -0.15) is 13.2 Å². The number of halogens is 3. The summed E-state index contributed by atoms with van der Waals surface area (Å²) >= 11 is -0.433. The summed E-state index contributed by atoms with van der Waals surface area (Å²) in [4.78, 5) is 16.1. The Balaban J connectivity index is 1.87. The lowest BCUT2D eigenvalue weighted by molar-refractivity contribution is -0.0329. The van der Waals surface area contributed by atoms with Crippen LogP contribution in [-0.4, -0.2) is 36.6 Å². The molecular weight excluding hydrogens is 369 g/mol. The number of tetrazole rings is 1. The molecule has 0 aliphatic carbocycles. The zero-order valence-electron chi connectivity index (χ0n) is 13.2. The van der Waals surface area contributed by atoms with Crippen LogP contribution in [0, 0.1) is 6.92 Å². The number of thioether (sulfide) groups is 1. The van der Waals surface area contributed by atoms with E-state index < -0.39 is 28.2 Å². The maximum absolute atomic E-state index is 12.6. The molecule has 1 N–H and O–H groups in total. The Morgan fingerprint density at radius 1 is 1.27 bits per heavy atom. The fraction of sp³-hybridized carbons (Fsp3) is 0.133. The fourth-order valence-electron chi connectivity index (χ4n) is 2.16. The van der Waals surface area contributed by atoms with E-state index in [9.17, 15) is 18.0 Å². The van der Waals surface area contributed by atoms with Gasteiger partial charge < -0.3 is 5.32 Å². The van der Waals surface area contributed by atoms with Gasteiger partial charge in [0.15, 0.2) is 0 Å². The molecule has 0 spiro atoms. The maximum atomic E-state index is 12.6. The van der Waals surface area contributed by atoms with E-state index in [0.717, 1.165) is 5.56 Å². The second-order valence-electron chi connectivity index (χ2n) is 5.11. The van der Waals surface area contributed by atoms with Crippen molar-refractivity contribution in [2.24, 2.45) is 0 Å². The number of aromatic nitrogens is 5. The molecule has 2 heterocycles. The highest BCUT2D eigenvalue weighted by molar-refractivity contribution is 8.00. The van der Waals surface area contributed by atoms with Gasteiger partial charge in [0.05, 0.1) is 11.3 Å². The van der Waals surface area contributed by atoms with Crippen LogP contribution in [0.5, 0.6) is 0 Å². The smallest absolute Gasteiger partial charge is 0.322 e.